The van der Waals surface area contributed by atoms with Gasteiger partial charge in [-0.2, -0.15) is 0 Å². The van der Waals surface area contributed by atoms with Crippen LogP contribution in [0, 0.1) is 0 Å². The van der Waals surface area contributed by atoms with Crippen LogP contribution >= 0.6 is 11.8 Å². The molecule has 2 aromatic heterocycles. The Hall–Kier alpha value is -4.24. The first kappa shape index (κ1) is 24.5. The highest BCUT2D eigenvalue weighted by Crippen LogP contribution is 2.29. The summed E-state index contributed by atoms with van der Waals surface area (Å²) in [5.74, 6) is -0.0727. The molecule has 9 heteroatoms. The third kappa shape index (κ3) is 5.03. The lowest BCUT2D eigenvalue weighted by Crippen LogP contribution is -2.23. The van der Waals surface area contributed by atoms with Crippen LogP contribution in [0.4, 0.5) is 5.69 Å². The molecule has 37 heavy (non-hydrogen) atoms. The number of carbonyl (C=O) groups excluding carboxylic acids is 1. The fraction of sp³-hybridized carbons (Fsp3) is 0.179. The summed E-state index contributed by atoms with van der Waals surface area (Å²) in [6.45, 7) is 5.03. The van der Waals surface area contributed by atoms with Crippen LogP contribution in [0.25, 0.3) is 33.5 Å². The van der Waals surface area contributed by atoms with Crippen LogP contribution in [-0.2, 0) is 17.9 Å². The number of nitrogens with one attached hydrogen (secondary N) is 1. The maximum atomic E-state index is 12.8. The van der Waals surface area contributed by atoms with Crippen molar-refractivity contribution in [1.29, 1.82) is 0 Å². The lowest BCUT2D eigenvalue weighted by molar-refractivity contribution is -0.113. The zero-order chi connectivity index (χ0) is 25.8. The molecule has 8 nitrogen and oxygen atoms in total. The average molecular weight is 511 g/mol. The summed E-state index contributed by atoms with van der Waals surface area (Å²) < 4.78 is 3.44. The van der Waals surface area contributed by atoms with E-state index in [0.717, 1.165) is 22.2 Å². The Bertz CT molecular complexity index is 1610. The number of imidazole rings is 1. The van der Waals surface area contributed by atoms with Crippen molar-refractivity contribution in [3.05, 3.63) is 89.3 Å². The Labute approximate surface area is 218 Å². The summed E-state index contributed by atoms with van der Waals surface area (Å²) in [6, 6.07) is 25.2. The van der Waals surface area contributed by atoms with Gasteiger partial charge in [0.05, 0.1) is 16.8 Å². The summed E-state index contributed by atoms with van der Waals surface area (Å²) >= 11 is 1.23. The van der Waals surface area contributed by atoms with Crippen molar-refractivity contribution in [2.75, 3.05) is 11.1 Å². The Kier molecular flexibility index (Phi) is 7.14. The molecule has 0 saturated heterocycles. The number of amides is 1. The van der Waals surface area contributed by atoms with Crippen LogP contribution in [0.3, 0.4) is 0 Å². The van der Waals surface area contributed by atoms with E-state index in [2.05, 4.69) is 15.5 Å². The van der Waals surface area contributed by atoms with Gasteiger partial charge in [-0.1, -0.05) is 72.4 Å². The second-order valence-corrected chi connectivity index (χ2v) is 9.28. The minimum absolute atomic E-state index is 0.0446. The van der Waals surface area contributed by atoms with E-state index in [4.69, 9.17) is 4.98 Å². The predicted octanol–water partition coefficient (Wildman–Crippen LogP) is 5.09. The van der Waals surface area contributed by atoms with Crippen LogP contribution in [0.1, 0.15) is 13.8 Å². The highest BCUT2D eigenvalue weighted by Gasteiger charge is 2.16. The molecule has 5 rings (SSSR count). The molecule has 0 atom stereocenters. The topological polar surface area (TPSA) is 94.7 Å². The highest BCUT2D eigenvalue weighted by molar-refractivity contribution is 7.99. The number of benzene rings is 3. The molecule has 0 radical (unpaired) electrons. The average Bonchev–Trinajstić information content (AvgIpc) is 3.22. The fourth-order valence-electron chi connectivity index (χ4n) is 4.30. The van der Waals surface area contributed by atoms with Crippen LogP contribution in [0.5, 0.6) is 0 Å². The quantitative estimate of drug-likeness (QED) is 0.292. The number of nitrogens with zero attached hydrogens (tertiary/aromatic N) is 5. The van der Waals surface area contributed by atoms with Gasteiger partial charge < -0.3 is 5.32 Å². The Balaban J connectivity index is 1.35. The van der Waals surface area contributed by atoms with Crippen molar-refractivity contribution < 1.29 is 4.79 Å². The smallest absolute Gasteiger partial charge is 0.325 e. The van der Waals surface area contributed by atoms with E-state index in [0.29, 0.717) is 35.3 Å². The van der Waals surface area contributed by atoms with E-state index in [1.165, 1.54) is 11.8 Å². The van der Waals surface area contributed by atoms with Gasteiger partial charge in [-0.3, -0.25) is 13.9 Å². The van der Waals surface area contributed by atoms with Gasteiger partial charge in [0.2, 0.25) is 11.1 Å². The van der Waals surface area contributed by atoms with Crippen LogP contribution < -0.4 is 11.0 Å². The molecule has 0 fully saturated rings. The first-order chi connectivity index (χ1) is 18.1. The molecule has 0 spiro atoms. The van der Waals surface area contributed by atoms with Crippen LogP contribution in [-0.4, -0.2) is 36.0 Å². The van der Waals surface area contributed by atoms with Crippen LogP contribution in [0.15, 0.2) is 88.8 Å². The van der Waals surface area contributed by atoms with Crippen molar-refractivity contribution in [3.8, 4) is 22.5 Å². The molecular weight excluding hydrogens is 484 g/mol. The second kappa shape index (κ2) is 10.8. The zero-order valence-corrected chi connectivity index (χ0v) is 21.4. The molecule has 0 unspecified atom stereocenters. The first-order valence-corrected chi connectivity index (χ1v) is 13.1. The van der Waals surface area contributed by atoms with Crippen molar-refractivity contribution in [3.63, 3.8) is 0 Å². The Morgan fingerprint density at radius 2 is 1.43 bits per heavy atom. The number of carbonyl (C=O) groups is 1. The van der Waals surface area contributed by atoms with Gasteiger partial charge in [-0.25, -0.2) is 9.78 Å². The van der Waals surface area contributed by atoms with Crippen LogP contribution in [0.2, 0.25) is 0 Å². The van der Waals surface area contributed by atoms with E-state index in [-0.39, 0.29) is 17.3 Å². The number of rotatable bonds is 8. The summed E-state index contributed by atoms with van der Waals surface area (Å²) in [5.41, 5.74) is 5.51. The van der Waals surface area contributed by atoms with Gasteiger partial charge in [0.1, 0.15) is 11.4 Å². The molecule has 0 aliphatic heterocycles. The molecule has 2 heterocycles. The second-order valence-electron chi connectivity index (χ2n) is 8.34. The molecule has 0 saturated carbocycles. The molecule has 0 aliphatic carbocycles. The number of thioether (sulfide) groups is 1. The molecule has 1 amide bonds. The molecular formula is C28H26N6O2S. The number of anilines is 1. The van der Waals surface area contributed by atoms with E-state index >= 15 is 0 Å². The summed E-state index contributed by atoms with van der Waals surface area (Å²) in [5, 5.41) is 12.1. The van der Waals surface area contributed by atoms with Gasteiger partial charge in [-0.15, -0.1) is 10.2 Å². The SMILES string of the molecule is CCn1c(=O)n(CC)c2cc(NC(=O)CSc3nnc(-c4ccccc4)c(-c4ccccc4)n3)ccc21. The maximum Gasteiger partial charge on any atom is 0.329 e. The maximum absolute atomic E-state index is 12.8. The van der Waals surface area contributed by atoms with E-state index < -0.39 is 0 Å². The largest absolute Gasteiger partial charge is 0.329 e. The minimum Gasteiger partial charge on any atom is -0.325 e. The summed E-state index contributed by atoms with van der Waals surface area (Å²) in [6.07, 6.45) is 0. The summed E-state index contributed by atoms with van der Waals surface area (Å²) in [4.78, 5) is 30.1. The number of hydrogen-bond donors (Lipinski definition) is 1. The zero-order valence-electron chi connectivity index (χ0n) is 20.6. The Morgan fingerprint density at radius 3 is 2.08 bits per heavy atom. The standard InChI is InChI=1S/C28H26N6O2S/c1-3-33-22-16-15-21(17-23(22)34(4-2)28(33)36)29-24(35)18-37-27-30-25(19-11-7-5-8-12-19)26(31-32-27)20-13-9-6-10-14-20/h5-17H,3-4,18H2,1-2H3,(H,29,35). The molecule has 0 bridgehead atoms. The predicted molar refractivity (Wildman–Crippen MR) is 148 cm³/mol. The van der Waals surface area contributed by atoms with Gasteiger partial charge in [0.25, 0.3) is 0 Å². The van der Waals surface area contributed by atoms with E-state index in [1.807, 2.05) is 92.7 Å². The van der Waals surface area contributed by atoms with Gasteiger partial charge in [0.15, 0.2) is 0 Å². The molecule has 186 valence electrons. The van der Waals surface area contributed by atoms with E-state index in [1.54, 1.807) is 9.13 Å². The lowest BCUT2D eigenvalue weighted by Gasteiger charge is -2.10. The molecule has 3 aromatic carbocycles. The van der Waals surface area contributed by atoms with Crippen molar-refractivity contribution in [2.24, 2.45) is 0 Å². The van der Waals surface area contributed by atoms with Gasteiger partial charge in [0, 0.05) is 29.9 Å². The number of aryl methyl sites for hydroxylation is 2. The molecule has 5 aromatic rings. The van der Waals surface area contributed by atoms with Crippen molar-refractivity contribution in [1.82, 2.24) is 24.3 Å². The van der Waals surface area contributed by atoms with Gasteiger partial charge in [-0.05, 0) is 32.0 Å². The third-order valence-electron chi connectivity index (χ3n) is 6.03. The molecule has 1 N–H and O–H groups in total. The monoisotopic (exact) mass is 510 g/mol. The number of aromatic nitrogens is 5. The number of fused-ring (bicyclic) bond motifs is 1. The van der Waals surface area contributed by atoms with Crippen molar-refractivity contribution >= 4 is 34.4 Å². The lowest BCUT2D eigenvalue weighted by atomic mass is 10.0. The Morgan fingerprint density at radius 1 is 0.811 bits per heavy atom. The van der Waals surface area contributed by atoms with Crippen molar-refractivity contribution in [2.45, 2.75) is 32.1 Å². The normalized spacial score (nSPS) is 11.1. The fourth-order valence-corrected chi connectivity index (χ4v) is 4.88. The number of hydrogen-bond acceptors (Lipinski definition) is 6. The third-order valence-corrected chi connectivity index (χ3v) is 6.87. The first-order valence-electron chi connectivity index (χ1n) is 12.1. The van der Waals surface area contributed by atoms with Gasteiger partial charge >= 0.3 is 5.69 Å². The minimum atomic E-state index is -0.193. The van der Waals surface area contributed by atoms with E-state index in [9.17, 15) is 9.59 Å². The highest BCUT2D eigenvalue weighted by atomic mass is 32.2. The summed E-state index contributed by atoms with van der Waals surface area (Å²) in [7, 11) is 0. The molecule has 0 aliphatic rings.